The highest BCUT2D eigenvalue weighted by molar-refractivity contribution is 7.94. The van der Waals surface area contributed by atoms with Gasteiger partial charge < -0.3 is 0 Å². The Bertz CT molecular complexity index is 852. The molecule has 0 bridgehead atoms. The van der Waals surface area contributed by atoms with Crippen LogP contribution in [0.5, 0.6) is 0 Å². The van der Waals surface area contributed by atoms with E-state index < -0.39 is 10.0 Å². The normalized spacial score (nSPS) is 15.1. The number of hydrogen-bond acceptors (Lipinski definition) is 5. The molecule has 3 rings (SSSR count). The molecule has 1 aromatic carbocycles. The second-order valence-electron chi connectivity index (χ2n) is 5.58. The molecule has 0 unspecified atom stereocenters. The first-order valence-corrected chi connectivity index (χ1v) is 9.83. The highest BCUT2D eigenvalue weighted by Gasteiger charge is 2.24. The number of carbonyl (C=O) groups is 1. The Morgan fingerprint density at radius 1 is 1.21 bits per heavy atom. The number of anilines is 1. The minimum absolute atomic E-state index is 0.245. The highest BCUT2D eigenvalue weighted by atomic mass is 32.2. The molecule has 0 aliphatic heterocycles. The standard InChI is InChI=1S/C16H17N3O3S2/c1-11(12-4-5-12)17-18-16(20)13-6-8-14(9-7-13)19-24(21,22)15-3-2-10-23-15/h2-3,6-10,12,19H,4-5H2,1H3,(H,18,20). The van der Waals surface area contributed by atoms with Crippen molar-refractivity contribution in [1.82, 2.24) is 5.43 Å². The predicted octanol–water partition coefficient (Wildman–Crippen LogP) is 3.06. The fourth-order valence-corrected chi connectivity index (χ4v) is 4.16. The van der Waals surface area contributed by atoms with Gasteiger partial charge in [0.2, 0.25) is 0 Å². The number of hydrogen-bond donors (Lipinski definition) is 2. The van der Waals surface area contributed by atoms with Gasteiger partial charge in [0.1, 0.15) is 4.21 Å². The van der Waals surface area contributed by atoms with Gasteiger partial charge in [-0.25, -0.2) is 13.8 Å². The van der Waals surface area contributed by atoms with E-state index in [9.17, 15) is 13.2 Å². The Labute approximate surface area is 144 Å². The van der Waals surface area contributed by atoms with Gasteiger partial charge in [-0.3, -0.25) is 9.52 Å². The molecule has 1 heterocycles. The molecule has 24 heavy (non-hydrogen) atoms. The smallest absolute Gasteiger partial charge is 0.271 e. The number of thiophene rings is 1. The largest absolute Gasteiger partial charge is 0.279 e. The molecule has 1 saturated carbocycles. The molecule has 1 aliphatic rings. The lowest BCUT2D eigenvalue weighted by molar-refractivity contribution is 0.0954. The van der Waals surface area contributed by atoms with Crippen LogP contribution in [0.25, 0.3) is 0 Å². The van der Waals surface area contributed by atoms with Crippen molar-refractivity contribution in [2.75, 3.05) is 4.72 Å². The Morgan fingerprint density at radius 3 is 2.50 bits per heavy atom. The van der Waals surface area contributed by atoms with Gasteiger partial charge in [0, 0.05) is 17.0 Å². The minimum Gasteiger partial charge on any atom is -0.279 e. The molecule has 0 atom stereocenters. The second kappa shape index (κ2) is 6.74. The molecule has 0 saturated heterocycles. The molecule has 0 radical (unpaired) electrons. The van der Waals surface area contributed by atoms with Crippen LogP contribution in [0.4, 0.5) is 5.69 Å². The van der Waals surface area contributed by atoms with Crippen molar-refractivity contribution in [3.05, 3.63) is 47.3 Å². The molecular weight excluding hydrogens is 346 g/mol. The van der Waals surface area contributed by atoms with Crippen molar-refractivity contribution >= 4 is 38.7 Å². The van der Waals surface area contributed by atoms with E-state index in [-0.39, 0.29) is 10.1 Å². The van der Waals surface area contributed by atoms with Gasteiger partial charge in [-0.05, 0) is 61.4 Å². The van der Waals surface area contributed by atoms with Crippen LogP contribution in [-0.4, -0.2) is 20.0 Å². The fraction of sp³-hybridized carbons (Fsp3) is 0.250. The summed E-state index contributed by atoms with van der Waals surface area (Å²) in [5.41, 5.74) is 4.27. The summed E-state index contributed by atoms with van der Waals surface area (Å²) in [5.74, 6) is 0.182. The number of carbonyl (C=O) groups excluding carboxylic acids is 1. The molecule has 1 aromatic heterocycles. The summed E-state index contributed by atoms with van der Waals surface area (Å²) in [6.07, 6.45) is 2.26. The maximum atomic E-state index is 12.1. The predicted molar refractivity (Wildman–Crippen MR) is 94.9 cm³/mol. The lowest BCUT2D eigenvalue weighted by Crippen LogP contribution is -2.19. The molecule has 126 valence electrons. The number of benzene rings is 1. The highest BCUT2D eigenvalue weighted by Crippen LogP contribution is 2.30. The zero-order valence-corrected chi connectivity index (χ0v) is 14.7. The summed E-state index contributed by atoms with van der Waals surface area (Å²) < 4.78 is 27.0. The number of nitrogens with one attached hydrogen (secondary N) is 2. The molecule has 0 spiro atoms. The molecular formula is C16H17N3O3S2. The van der Waals surface area contributed by atoms with E-state index in [4.69, 9.17) is 0 Å². The minimum atomic E-state index is -3.58. The molecule has 1 fully saturated rings. The Balaban J connectivity index is 1.65. The number of hydrazone groups is 1. The monoisotopic (exact) mass is 363 g/mol. The molecule has 8 heteroatoms. The first-order chi connectivity index (χ1) is 11.5. The third-order valence-electron chi connectivity index (χ3n) is 3.66. The van der Waals surface area contributed by atoms with Gasteiger partial charge in [-0.15, -0.1) is 11.3 Å². The number of rotatable bonds is 6. The molecule has 1 aliphatic carbocycles. The van der Waals surface area contributed by atoms with Crippen molar-refractivity contribution < 1.29 is 13.2 Å². The molecule has 1 amide bonds. The Kier molecular flexibility index (Phi) is 4.68. The van der Waals surface area contributed by atoms with E-state index in [2.05, 4.69) is 15.2 Å². The van der Waals surface area contributed by atoms with Crippen LogP contribution in [0, 0.1) is 5.92 Å². The molecule has 2 aromatic rings. The fourth-order valence-electron chi connectivity index (χ4n) is 2.11. The maximum Gasteiger partial charge on any atom is 0.271 e. The average Bonchev–Trinajstić information content (AvgIpc) is 3.26. The third-order valence-corrected chi connectivity index (χ3v) is 6.44. The first kappa shape index (κ1) is 16.7. The lowest BCUT2D eigenvalue weighted by atomic mass is 10.2. The summed E-state index contributed by atoms with van der Waals surface area (Å²) in [7, 11) is -3.58. The van der Waals surface area contributed by atoms with E-state index in [1.54, 1.807) is 35.7 Å². The van der Waals surface area contributed by atoms with E-state index in [1.165, 1.54) is 6.07 Å². The van der Waals surface area contributed by atoms with E-state index >= 15 is 0 Å². The van der Waals surface area contributed by atoms with E-state index in [1.807, 2.05) is 6.92 Å². The van der Waals surface area contributed by atoms with Gasteiger partial charge in [0.25, 0.3) is 15.9 Å². The maximum absolute atomic E-state index is 12.1. The topological polar surface area (TPSA) is 87.6 Å². The van der Waals surface area contributed by atoms with Gasteiger partial charge in [-0.2, -0.15) is 5.10 Å². The average molecular weight is 363 g/mol. The van der Waals surface area contributed by atoms with E-state index in [0.29, 0.717) is 17.2 Å². The van der Waals surface area contributed by atoms with Crippen LogP contribution in [0.2, 0.25) is 0 Å². The van der Waals surface area contributed by atoms with Crippen molar-refractivity contribution in [3.8, 4) is 0 Å². The van der Waals surface area contributed by atoms with Crippen LogP contribution < -0.4 is 10.1 Å². The Morgan fingerprint density at radius 2 is 1.92 bits per heavy atom. The van der Waals surface area contributed by atoms with Crippen LogP contribution in [0.3, 0.4) is 0 Å². The number of sulfonamides is 1. The summed E-state index contributed by atoms with van der Waals surface area (Å²) in [6.45, 7) is 1.90. The van der Waals surface area contributed by atoms with Crippen molar-refractivity contribution in [3.63, 3.8) is 0 Å². The van der Waals surface area contributed by atoms with Gasteiger partial charge in [0.15, 0.2) is 0 Å². The van der Waals surface area contributed by atoms with E-state index in [0.717, 1.165) is 29.9 Å². The van der Waals surface area contributed by atoms with Crippen LogP contribution in [-0.2, 0) is 10.0 Å². The Hall–Kier alpha value is -2.19. The zero-order valence-electron chi connectivity index (χ0n) is 13.0. The summed E-state index contributed by atoms with van der Waals surface area (Å²) in [6, 6.07) is 9.44. The third kappa shape index (κ3) is 4.01. The van der Waals surface area contributed by atoms with Crippen molar-refractivity contribution in [1.29, 1.82) is 0 Å². The van der Waals surface area contributed by atoms with Crippen molar-refractivity contribution in [2.24, 2.45) is 11.0 Å². The molecule has 2 N–H and O–H groups in total. The first-order valence-electron chi connectivity index (χ1n) is 7.46. The lowest BCUT2D eigenvalue weighted by Gasteiger charge is -2.07. The van der Waals surface area contributed by atoms with Crippen molar-refractivity contribution in [2.45, 2.75) is 24.0 Å². The summed E-state index contributed by atoms with van der Waals surface area (Å²) >= 11 is 1.14. The van der Waals surface area contributed by atoms with Crippen LogP contribution in [0.1, 0.15) is 30.1 Å². The number of nitrogens with zero attached hydrogens (tertiary/aromatic N) is 1. The number of amides is 1. The summed E-state index contributed by atoms with van der Waals surface area (Å²) in [5, 5.41) is 5.79. The SMILES string of the molecule is CC(=NNC(=O)c1ccc(NS(=O)(=O)c2cccs2)cc1)C1CC1. The second-order valence-corrected chi connectivity index (χ2v) is 8.44. The quantitative estimate of drug-likeness (QED) is 0.611. The van der Waals surface area contributed by atoms with Crippen LogP contribution >= 0.6 is 11.3 Å². The van der Waals surface area contributed by atoms with Crippen LogP contribution in [0.15, 0.2) is 51.1 Å². The molecule has 6 nitrogen and oxygen atoms in total. The van der Waals surface area contributed by atoms with Gasteiger partial charge in [-0.1, -0.05) is 6.07 Å². The zero-order chi connectivity index (χ0) is 17.2. The van der Waals surface area contributed by atoms with Gasteiger partial charge >= 0.3 is 0 Å². The summed E-state index contributed by atoms with van der Waals surface area (Å²) in [4.78, 5) is 12.0. The van der Waals surface area contributed by atoms with Gasteiger partial charge in [0.05, 0.1) is 0 Å².